The van der Waals surface area contributed by atoms with E-state index in [1.54, 1.807) is 24.3 Å². The number of rotatable bonds is 4. The van der Waals surface area contributed by atoms with Crippen molar-refractivity contribution in [3.63, 3.8) is 0 Å². The molecule has 0 radical (unpaired) electrons. The van der Waals surface area contributed by atoms with Crippen LogP contribution in [0.15, 0.2) is 24.3 Å². The standard InChI is InChI=1S/C13H18O3/c1-9(2)10(3)16-12-7-5-11(6-8-12)13(14)15-4/h5-10H,1-4H3. The van der Waals surface area contributed by atoms with E-state index in [0.717, 1.165) is 5.75 Å². The van der Waals surface area contributed by atoms with Gasteiger partial charge >= 0.3 is 5.97 Å². The summed E-state index contributed by atoms with van der Waals surface area (Å²) in [4.78, 5) is 11.2. The third kappa shape index (κ3) is 3.26. The van der Waals surface area contributed by atoms with E-state index in [9.17, 15) is 4.79 Å². The molecule has 0 aromatic heterocycles. The summed E-state index contributed by atoms with van der Waals surface area (Å²) in [7, 11) is 1.37. The molecule has 0 saturated carbocycles. The molecule has 1 rings (SSSR count). The zero-order chi connectivity index (χ0) is 12.1. The van der Waals surface area contributed by atoms with Gasteiger partial charge in [-0.3, -0.25) is 0 Å². The summed E-state index contributed by atoms with van der Waals surface area (Å²) >= 11 is 0. The minimum Gasteiger partial charge on any atom is -0.490 e. The molecule has 0 aliphatic heterocycles. The van der Waals surface area contributed by atoms with Crippen LogP contribution in [-0.2, 0) is 4.74 Å². The molecule has 16 heavy (non-hydrogen) atoms. The molecule has 0 aliphatic rings. The Morgan fingerprint density at radius 2 is 1.69 bits per heavy atom. The van der Waals surface area contributed by atoms with Gasteiger partial charge in [0.1, 0.15) is 5.75 Å². The van der Waals surface area contributed by atoms with Crippen molar-refractivity contribution in [3.8, 4) is 5.75 Å². The van der Waals surface area contributed by atoms with Gasteiger partial charge in [-0.2, -0.15) is 0 Å². The molecule has 1 aromatic carbocycles. The van der Waals surface area contributed by atoms with E-state index in [4.69, 9.17) is 4.74 Å². The van der Waals surface area contributed by atoms with Gasteiger partial charge in [-0.05, 0) is 37.1 Å². The fourth-order valence-electron chi connectivity index (χ4n) is 1.14. The molecule has 1 unspecified atom stereocenters. The minimum absolute atomic E-state index is 0.156. The van der Waals surface area contributed by atoms with Crippen LogP contribution in [0, 0.1) is 5.92 Å². The number of esters is 1. The molecule has 0 N–H and O–H groups in total. The summed E-state index contributed by atoms with van der Waals surface area (Å²) in [6.07, 6.45) is 0.156. The molecule has 0 heterocycles. The summed E-state index contributed by atoms with van der Waals surface area (Å²) in [5, 5.41) is 0. The van der Waals surface area contributed by atoms with Gasteiger partial charge in [0.15, 0.2) is 0 Å². The zero-order valence-electron chi connectivity index (χ0n) is 10.2. The highest BCUT2D eigenvalue weighted by molar-refractivity contribution is 5.89. The molecule has 0 amide bonds. The number of carbonyl (C=O) groups excluding carboxylic acids is 1. The lowest BCUT2D eigenvalue weighted by atomic mass is 10.1. The fraction of sp³-hybridized carbons (Fsp3) is 0.462. The van der Waals surface area contributed by atoms with E-state index in [-0.39, 0.29) is 12.1 Å². The second-order valence-electron chi connectivity index (χ2n) is 4.08. The van der Waals surface area contributed by atoms with Crippen molar-refractivity contribution < 1.29 is 14.3 Å². The Hall–Kier alpha value is -1.51. The Labute approximate surface area is 96.4 Å². The summed E-state index contributed by atoms with van der Waals surface area (Å²) in [5.41, 5.74) is 0.534. The Kier molecular flexibility index (Phi) is 4.35. The first-order chi connectivity index (χ1) is 7.54. The number of benzene rings is 1. The van der Waals surface area contributed by atoms with Crippen molar-refractivity contribution in [2.75, 3.05) is 7.11 Å². The van der Waals surface area contributed by atoms with Crippen LogP contribution in [0.3, 0.4) is 0 Å². The lowest BCUT2D eigenvalue weighted by Crippen LogP contribution is -2.18. The maximum atomic E-state index is 11.2. The Bertz CT molecular complexity index is 341. The first-order valence-corrected chi connectivity index (χ1v) is 5.39. The van der Waals surface area contributed by atoms with Gasteiger partial charge in [0.05, 0.1) is 18.8 Å². The van der Waals surface area contributed by atoms with E-state index >= 15 is 0 Å². The van der Waals surface area contributed by atoms with Gasteiger partial charge in [0.2, 0.25) is 0 Å². The summed E-state index contributed by atoms with van der Waals surface area (Å²) in [6, 6.07) is 6.97. The predicted molar refractivity (Wildman–Crippen MR) is 62.7 cm³/mol. The summed E-state index contributed by atoms with van der Waals surface area (Å²) < 4.78 is 10.3. The average Bonchev–Trinajstić information content (AvgIpc) is 2.28. The van der Waals surface area contributed by atoms with Gasteiger partial charge < -0.3 is 9.47 Å². The smallest absolute Gasteiger partial charge is 0.337 e. The van der Waals surface area contributed by atoms with Gasteiger partial charge in [0, 0.05) is 0 Å². The van der Waals surface area contributed by atoms with E-state index < -0.39 is 0 Å². The van der Waals surface area contributed by atoms with Crippen molar-refractivity contribution in [1.29, 1.82) is 0 Å². The van der Waals surface area contributed by atoms with Crippen LogP contribution in [0.4, 0.5) is 0 Å². The van der Waals surface area contributed by atoms with Gasteiger partial charge in [0.25, 0.3) is 0 Å². The number of hydrogen-bond acceptors (Lipinski definition) is 3. The van der Waals surface area contributed by atoms with Gasteiger partial charge in [-0.15, -0.1) is 0 Å². The molecule has 0 spiro atoms. The molecule has 0 fully saturated rings. The summed E-state index contributed by atoms with van der Waals surface area (Å²) in [6.45, 7) is 6.24. The highest BCUT2D eigenvalue weighted by Gasteiger charge is 2.09. The highest BCUT2D eigenvalue weighted by Crippen LogP contribution is 2.17. The second kappa shape index (κ2) is 5.54. The number of ether oxygens (including phenoxy) is 2. The van der Waals surface area contributed by atoms with Crippen molar-refractivity contribution in [3.05, 3.63) is 29.8 Å². The van der Waals surface area contributed by atoms with Crippen LogP contribution < -0.4 is 4.74 Å². The van der Waals surface area contributed by atoms with Crippen LogP contribution in [0.2, 0.25) is 0 Å². The van der Waals surface area contributed by atoms with Gasteiger partial charge in [-0.1, -0.05) is 13.8 Å². The minimum atomic E-state index is -0.330. The van der Waals surface area contributed by atoms with Crippen LogP contribution in [0.1, 0.15) is 31.1 Å². The van der Waals surface area contributed by atoms with Crippen LogP contribution in [-0.4, -0.2) is 19.2 Å². The Morgan fingerprint density at radius 3 is 2.12 bits per heavy atom. The molecule has 3 heteroatoms. The fourth-order valence-corrected chi connectivity index (χ4v) is 1.14. The molecular formula is C13H18O3. The zero-order valence-corrected chi connectivity index (χ0v) is 10.2. The number of hydrogen-bond donors (Lipinski definition) is 0. The SMILES string of the molecule is COC(=O)c1ccc(OC(C)C(C)C)cc1. The lowest BCUT2D eigenvalue weighted by Gasteiger charge is -2.18. The lowest BCUT2D eigenvalue weighted by molar-refractivity contribution is 0.0600. The number of methoxy groups -OCH3 is 1. The molecular weight excluding hydrogens is 204 g/mol. The van der Waals surface area contributed by atoms with Crippen LogP contribution in [0.5, 0.6) is 5.75 Å². The molecule has 0 saturated heterocycles. The monoisotopic (exact) mass is 222 g/mol. The largest absolute Gasteiger partial charge is 0.490 e. The van der Waals surface area contributed by atoms with Crippen LogP contribution in [0.25, 0.3) is 0 Å². The molecule has 0 bridgehead atoms. The maximum Gasteiger partial charge on any atom is 0.337 e. The Morgan fingerprint density at radius 1 is 1.12 bits per heavy atom. The maximum absolute atomic E-state index is 11.2. The van der Waals surface area contributed by atoms with Crippen molar-refractivity contribution in [2.45, 2.75) is 26.9 Å². The molecule has 0 aliphatic carbocycles. The van der Waals surface area contributed by atoms with Crippen molar-refractivity contribution >= 4 is 5.97 Å². The first-order valence-electron chi connectivity index (χ1n) is 5.39. The molecule has 1 aromatic rings. The third-order valence-corrected chi connectivity index (χ3v) is 2.54. The third-order valence-electron chi connectivity index (χ3n) is 2.54. The van der Waals surface area contributed by atoms with Crippen molar-refractivity contribution in [2.24, 2.45) is 5.92 Å². The van der Waals surface area contributed by atoms with Crippen molar-refractivity contribution in [1.82, 2.24) is 0 Å². The topological polar surface area (TPSA) is 35.5 Å². The average molecular weight is 222 g/mol. The highest BCUT2D eigenvalue weighted by atomic mass is 16.5. The van der Waals surface area contributed by atoms with Crippen LogP contribution >= 0.6 is 0 Å². The normalized spacial score (nSPS) is 12.3. The summed E-state index contributed by atoms with van der Waals surface area (Å²) in [5.74, 6) is 0.901. The number of carbonyl (C=O) groups is 1. The quantitative estimate of drug-likeness (QED) is 0.735. The van der Waals surface area contributed by atoms with Gasteiger partial charge in [-0.25, -0.2) is 4.79 Å². The molecule has 88 valence electrons. The first kappa shape index (κ1) is 12.6. The predicted octanol–water partition coefficient (Wildman–Crippen LogP) is 2.90. The van der Waals surface area contributed by atoms with E-state index in [1.165, 1.54) is 7.11 Å². The van der Waals surface area contributed by atoms with E-state index in [2.05, 4.69) is 18.6 Å². The Balaban J connectivity index is 2.68. The molecule has 3 nitrogen and oxygen atoms in total. The second-order valence-corrected chi connectivity index (χ2v) is 4.08. The van der Waals surface area contributed by atoms with E-state index in [1.807, 2.05) is 6.92 Å². The van der Waals surface area contributed by atoms with E-state index in [0.29, 0.717) is 11.5 Å². The molecule has 1 atom stereocenters.